The number of hydrogen-bond donors (Lipinski definition) is 1. The number of ether oxygens (including phenoxy) is 1. The summed E-state index contributed by atoms with van der Waals surface area (Å²) < 4.78 is 11.7. The van der Waals surface area contributed by atoms with E-state index in [0.717, 1.165) is 21.5 Å². The lowest BCUT2D eigenvalue weighted by Crippen LogP contribution is -1.99. The Morgan fingerprint density at radius 3 is 2.75 bits per heavy atom. The molecule has 0 atom stereocenters. The average molecular weight is 282 g/mol. The summed E-state index contributed by atoms with van der Waals surface area (Å²) in [5.74, 6) is 0.811. The quantitative estimate of drug-likeness (QED) is 0.875. The van der Waals surface area contributed by atoms with Gasteiger partial charge in [0.2, 0.25) is 0 Å². The molecule has 1 aromatic carbocycles. The van der Waals surface area contributed by atoms with Crippen molar-refractivity contribution in [2.24, 2.45) is 0 Å². The summed E-state index contributed by atoms with van der Waals surface area (Å²) in [5.41, 5.74) is 7.54. The molecule has 0 aliphatic rings. The fraction of sp³-hybridized carbons (Fsp3) is 0.167. The Bertz CT molecular complexity index is 434. The summed E-state index contributed by atoms with van der Waals surface area (Å²) in [7, 11) is 0. The monoisotopic (exact) mass is 281 g/mol. The van der Waals surface area contributed by atoms with Crippen LogP contribution in [0.4, 0.5) is 5.69 Å². The van der Waals surface area contributed by atoms with Gasteiger partial charge in [-0.05, 0) is 24.3 Å². The van der Waals surface area contributed by atoms with Crippen LogP contribution >= 0.6 is 15.9 Å². The Morgan fingerprint density at radius 1 is 1.19 bits per heavy atom. The summed E-state index contributed by atoms with van der Waals surface area (Å²) >= 11 is 3.44. The number of anilines is 1. The molecule has 0 aliphatic carbocycles. The highest BCUT2D eigenvalue weighted by molar-refractivity contribution is 9.10. The van der Waals surface area contributed by atoms with E-state index in [0.29, 0.717) is 13.2 Å². The molecule has 0 amide bonds. The second kappa shape index (κ2) is 5.18. The number of benzene rings is 1. The van der Waals surface area contributed by atoms with Gasteiger partial charge in [0.15, 0.2) is 0 Å². The van der Waals surface area contributed by atoms with Gasteiger partial charge >= 0.3 is 0 Å². The van der Waals surface area contributed by atoms with Crippen molar-refractivity contribution in [2.45, 2.75) is 13.2 Å². The first-order valence-corrected chi connectivity index (χ1v) is 5.69. The molecule has 0 radical (unpaired) electrons. The third-order valence-electron chi connectivity index (χ3n) is 2.23. The van der Waals surface area contributed by atoms with Gasteiger partial charge in [0.25, 0.3) is 0 Å². The standard InChI is InChI=1S/C12H12BrNO2/c13-11-4-1-5-12(14)10(11)8-15-7-9-3-2-6-16-9/h1-6H,7-8,14H2. The fourth-order valence-electron chi connectivity index (χ4n) is 1.38. The predicted molar refractivity (Wildman–Crippen MR) is 65.8 cm³/mol. The largest absolute Gasteiger partial charge is 0.467 e. The molecule has 0 saturated carbocycles. The highest BCUT2D eigenvalue weighted by Crippen LogP contribution is 2.23. The van der Waals surface area contributed by atoms with Crippen molar-refractivity contribution in [2.75, 3.05) is 5.73 Å². The molecule has 0 unspecified atom stereocenters. The number of furan rings is 1. The summed E-state index contributed by atoms with van der Waals surface area (Å²) in [6.07, 6.45) is 1.63. The Morgan fingerprint density at radius 2 is 2.06 bits per heavy atom. The molecule has 0 bridgehead atoms. The van der Waals surface area contributed by atoms with E-state index in [1.807, 2.05) is 30.3 Å². The van der Waals surface area contributed by atoms with Gasteiger partial charge in [-0.2, -0.15) is 0 Å². The van der Waals surface area contributed by atoms with Gasteiger partial charge in [0.1, 0.15) is 12.4 Å². The van der Waals surface area contributed by atoms with Crippen LogP contribution in [0, 0.1) is 0 Å². The van der Waals surface area contributed by atoms with Crippen LogP contribution in [0.5, 0.6) is 0 Å². The molecule has 0 fully saturated rings. The molecule has 84 valence electrons. The lowest BCUT2D eigenvalue weighted by Gasteiger charge is -2.08. The van der Waals surface area contributed by atoms with E-state index in [4.69, 9.17) is 14.9 Å². The Hall–Kier alpha value is -1.26. The predicted octanol–water partition coefficient (Wildman–Crippen LogP) is 3.34. The first-order chi connectivity index (χ1) is 7.77. The van der Waals surface area contributed by atoms with Gasteiger partial charge in [-0.25, -0.2) is 0 Å². The highest BCUT2D eigenvalue weighted by Gasteiger charge is 2.04. The van der Waals surface area contributed by atoms with Crippen LogP contribution in [-0.2, 0) is 18.0 Å². The van der Waals surface area contributed by atoms with Crippen molar-refractivity contribution >= 4 is 21.6 Å². The zero-order valence-electron chi connectivity index (χ0n) is 8.65. The zero-order chi connectivity index (χ0) is 11.4. The maximum atomic E-state index is 5.85. The van der Waals surface area contributed by atoms with Gasteiger partial charge in [-0.3, -0.25) is 0 Å². The zero-order valence-corrected chi connectivity index (χ0v) is 10.2. The lowest BCUT2D eigenvalue weighted by molar-refractivity contribution is 0.0929. The van der Waals surface area contributed by atoms with Crippen molar-refractivity contribution in [1.82, 2.24) is 0 Å². The maximum Gasteiger partial charge on any atom is 0.129 e. The van der Waals surface area contributed by atoms with E-state index in [1.54, 1.807) is 6.26 Å². The minimum absolute atomic E-state index is 0.452. The van der Waals surface area contributed by atoms with E-state index in [9.17, 15) is 0 Å². The van der Waals surface area contributed by atoms with Crippen LogP contribution in [0.3, 0.4) is 0 Å². The minimum Gasteiger partial charge on any atom is -0.467 e. The molecule has 1 aromatic heterocycles. The van der Waals surface area contributed by atoms with Crippen molar-refractivity contribution < 1.29 is 9.15 Å². The molecule has 0 saturated heterocycles. The number of halogens is 1. The Kier molecular flexibility index (Phi) is 3.64. The van der Waals surface area contributed by atoms with E-state index < -0.39 is 0 Å². The summed E-state index contributed by atoms with van der Waals surface area (Å²) in [4.78, 5) is 0. The van der Waals surface area contributed by atoms with Gasteiger partial charge in [0, 0.05) is 15.7 Å². The second-order valence-electron chi connectivity index (χ2n) is 3.38. The molecule has 3 nitrogen and oxygen atoms in total. The van der Waals surface area contributed by atoms with Crippen LogP contribution in [0.1, 0.15) is 11.3 Å². The molecule has 0 spiro atoms. The summed E-state index contributed by atoms with van der Waals surface area (Å²) in [6, 6.07) is 9.42. The molecule has 2 N–H and O–H groups in total. The highest BCUT2D eigenvalue weighted by atomic mass is 79.9. The third kappa shape index (κ3) is 2.65. The molecule has 1 heterocycles. The number of nitrogens with two attached hydrogens (primary N) is 1. The van der Waals surface area contributed by atoms with Crippen molar-refractivity contribution in [1.29, 1.82) is 0 Å². The van der Waals surface area contributed by atoms with Crippen LogP contribution < -0.4 is 5.73 Å². The van der Waals surface area contributed by atoms with Crippen molar-refractivity contribution in [3.05, 3.63) is 52.4 Å². The van der Waals surface area contributed by atoms with Gasteiger partial charge in [-0.15, -0.1) is 0 Å². The number of rotatable bonds is 4. The molecular formula is C12H12BrNO2. The number of hydrogen-bond acceptors (Lipinski definition) is 3. The molecule has 0 aliphatic heterocycles. The van der Waals surface area contributed by atoms with Crippen molar-refractivity contribution in [3.63, 3.8) is 0 Å². The molecular weight excluding hydrogens is 270 g/mol. The molecule has 16 heavy (non-hydrogen) atoms. The van der Waals surface area contributed by atoms with Gasteiger partial charge < -0.3 is 14.9 Å². The van der Waals surface area contributed by atoms with E-state index in [-0.39, 0.29) is 0 Å². The first-order valence-electron chi connectivity index (χ1n) is 4.90. The van der Waals surface area contributed by atoms with Crippen LogP contribution in [-0.4, -0.2) is 0 Å². The topological polar surface area (TPSA) is 48.4 Å². The normalized spacial score (nSPS) is 10.6. The Balaban J connectivity index is 1.95. The van der Waals surface area contributed by atoms with Gasteiger partial charge in [-0.1, -0.05) is 22.0 Å². The van der Waals surface area contributed by atoms with E-state index >= 15 is 0 Å². The summed E-state index contributed by atoms with van der Waals surface area (Å²) in [5, 5.41) is 0. The van der Waals surface area contributed by atoms with Crippen molar-refractivity contribution in [3.8, 4) is 0 Å². The smallest absolute Gasteiger partial charge is 0.129 e. The molecule has 2 rings (SSSR count). The summed E-state index contributed by atoms with van der Waals surface area (Å²) in [6.45, 7) is 0.918. The maximum absolute atomic E-state index is 5.85. The fourth-order valence-corrected chi connectivity index (χ4v) is 1.87. The number of nitrogen functional groups attached to an aromatic ring is 1. The second-order valence-corrected chi connectivity index (χ2v) is 4.23. The minimum atomic E-state index is 0.452. The first kappa shape index (κ1) is 11.2. The lowest BCUT2D eigenvalue weighted by atomic mass is 10.2. The Labute approximate surface area is 102 Å². The third-order valence-corrected chi connectivity index (χ3v) is 2.97. The van der Waals surface area contributed by atoms with E-state index in [1.165, 1.54) is 0 Å². The average Bonchev–Trinajstić information content (AvgIpc) is 2.75. The van der Waals surface area contributed by atoms with Crippen LogP contribution in [0.15, 0.2) is 45.5 Å². The molecule has 2 aromatic rings. The SMILES string of the molecule is Nc1cccc(Br)c1COCc1ccco1. The van der Waals surface area contributed by atoms with Crippen LogP contribution in [0.25, 0.3) is 0 Å². The molecule has 4 heteroatoms. The van der Waals surface area contributed by atoms with E-state index in [2.05, 4.69) is 15.9 Å². The van der Waals surface area contributed by atoms with Crippen LogP contribution in [0.2, 0.25) is 0 Å². The van der Waals surface area contributed by atoms with Gasteiger partial charge in [0.05, 0.1) is 12.9 Å².